The lowest BCUT2D eigenvalue weighted by molar-refractivity contribution is -0.137. The zero-order valence-corrected chi connectivity index (χ0v) is 10.7. The first-order chi connectivity index (χ1) is 8.58. The molecule has 0 saturated carbocycles. The van der Waals surface area contributed by atoms with E-state index in [0.29, 0.717) is 18.1 Å². The van der Waals surface area contributed by atoms with E-state index in [1.807, 2.05) is 6.92 Å². The molecule has 100 valence electrons. The number of nitrogens with one attached hydrogen (secondary N) is 2. The summed E-state index contributed by atoms with van der Waals surface area (Å²) >= 11 is 0.993. The van der Waals surface area contributed by atoms with Gasteiger partial charge in [-0.05, 0) is 24.0 Å². The number of anilines is 1. The van der Waals surface area contributed by atoms with Gasteiger partial charge in [0.2, 0.25) is 5.13 Å². The van der Waals surface area contributed by atoms with Crippen molar-refractivity contribution >= 4 is 28.7 Å². The molecule has 1 atom stereocenters. The van der Waals surface area contributed by atoms with Crippen LogP contribution in [0.5, 0.6) is 0 Å². The molecule has 1 aromatic rings. The quantitative estimate of drug-likeness (QED) is 0.680. The van der Waals surface area contributed by atoms with Gasteiger partial charge < -0.3 is 10.4 Å². The van der Waals surface area contributed by atoms with E-state index in [1.165, 1.54) is 0 Å². The van der Waals surface area contributed by atoms with Gasteiger partial charge in [0.1, 0.15) is 0 Å². The second-order valence-electron chi connectivity index (χ2n) is 3.87. The summed E-state index contributed by atoms with van der Waals surface area (Å²) in [5.74, 6) is -0.541. The Balaban J connectivity index is 2.09. The van der Waals surface area contributed by atoms with Crippen LogP contribution in [0.4, 0.5) is 9.93 Å². The Morgan fingerprint density at radius 2 is 2.22 bits per heavy atom. The van der Waals surface area contributed by atoms with E-state index in [2.05, 4.69) is 25.4 Å². The number of urea groups is 1. The number of amides is 2. The van der Waals surface area contributed by atoms with Crippen LogP contribution in [0.3, 0.4) is 0 Å². The van der Waals surface area contributed by atoms with E-state index < -0.39 is 5.97 Å². The molecule has 2 amide bonds. The van der Waals surface area contributed by atoms with Crippen LogP contribution < -0.4 is 10.6 Å². The molecule has 18 heavy (non-hydrogen) atoms. The van der Waals surface area contributed by atoms with Crippen LogP contribution in [0.1, 0.15) is 26.2 Å². The predicted octanol–water partition coefficient (Wildman–Crippen LogP) is 0.946. The molecule has 1 aromatic heterocycles. The third-order valence-corrected chi connectivity index (χ3v) is 2.80. The van der Waals surface area contributed by atoms with Gasteiger partial charge in [-0.3, -0.25) is 10.1 Å². The molecule has 8 nitrogen and oxygen atoms in total. The van der Waals surface area contributed by atoms with Gasteiger partial charge in [0, 0.05) is 24.5 Å². The highest BCUT2D eigenvalue weighted by atomic mass is 32.1. The summed E-state index contributed by atoms with van der Waals surface area (Å²) in [5.41, 5.74) is 0. The Bertz CT molecular complexity index is 384. The third kappa shape index (κ3) is 6.09. The Morgan fingerprint density at radius 1 is 1.44 bits per heavy atom. The fourth-order valence-electron chi connectivity index (χ4n) is 1.27. The van der Waals surface area contributed by atoms with Crippen LogP contribution in [0.2, 0.25) is 0 Å². The number of aliphatic carboxylic acids is 1. The lowest BCUT2D eigenvalue weighted by Gasteiger charge is -2.10. The second-order valence-corrected chi connectivity index (χ2v) is 4.61. The predicted molar refractivity (Wildman–Crippen MR) is 65.4 cm³/mol. The van der Waals surface area contributed by atoms with Gasteiger partial charge in [-0.1, -0.05) is 16.5 Å². The molecule has 0 spiro atoms. The van der Waals surface area contributed by atoms with Crippen molar-refractivity contribution in [3.63, 3.8) is 0 Å². The summed E-state index contributed by atoms with van der Waals surface area (Å²) in [4.78, 5) is 21.7. The molecule has 0 aromatic carbocycles. The van der Waals surface area contributed by atoms with Crippen LogP contribution in [0.25, 0.3) is 0 Å². The Hall–Kier alpha value is -1.77. The molecule has 0 aliphatic rings. The van der Waals surface area contributed by atoms with Gasteiger partial charge in [0.25, 0.3) is 0 Å². The molecule has 0 aliphatic carbocycles. The Morgan fingerprint density at radius 3 is 2.83 bits per heavy atom. The number of aromatic nitrogens is 3. The van der Waals surface area contributed by atoms with Gasteiger partial charge in [-0.2, -0.15) is 0 Å². The summed E-state index contributed by atoms with van der Waals surface area (Å²) in [6.07, 6.45) is 1.50. The van der Waals surface area contributed by atoms with Gasteiger partial charge in [-0.25, -0.2) is 4.79 Å². The summed E-state index contributed by atoms with van der Waals surface area (Å²) < 4.78 is 3.51. The smallest absolute Gasteiger partial charge is 0.321 e. The first kappa shape index (κ1) is 14.3. The Labute approximate surface area is 108 Å². The van der Waals surface area contributed by atoms with E-state index >= 15 is 0 Å². The summed E-state index contributed by atoms with van der Waals surface area (Å²) in [6.45, 7) is 2.44. The van der Waals surface area contributed by atoms with Crippen molar-refractivity contribution in [2.24, 2.45) is 5.92 Å². The zero-order chi connectivity index (χ0) is 13.4. The molecule has 1 heterocycles. The van der Waals surface area contributed by atoms with Crippen LogP contribution in [0.15, 0.2) is 0 Å². The van der Waals surface area contributed by atoms with Gasteiger partial charge in [0.15, 0.2) is 0 Å². The lowest BCUT2D eigenvalue weighted by atomic mass is 10.0. The minimum atomic E-state index is -0.795. The number of hydrogen-bond donors (Lipinski definition) is 3. The monoisotopic (exact) mass is 273 g/mol. The molecule has 0 radical (unpaired) electrons. The van der Waals surface area contributed by atoms with Crippen molar-refractivity contribution in [3.8, 4) is 0 Å². The van der Waals surface area contributed by atoms with E-state index in [4.69, 9.17) is 5.11 Å². The molecule has 3 N–H and O–H groups in total. The number of hydrogen-bond acceptors (Lipinski definition) is 6. The number of rotatable bonds is 7. The molecule has 1 unspecified atom stereocenters. The summed E-state index contributed by atoms with van der Waals surface area (Å²) in [5, 5.41) is 20.9. The fraction of sp³-hybridized carbons (Fsp3) is 0.667. The lowest BCUT2D eigenvalue weighted by Crippen LogP contribution is -2.30. The molecular formula is C9H15N5O3S. The van der Waals surface area contributed by atoms with Crippen molar-refractivity contribution in [2.75, 3.05) is 11.9 Å². The maximum absolute atomic E-state index is 11.4. The minimum absolute atomic E-state index is 0.157. The topological polar surface area (TPSA) is 117 Å². The van der Waals surface area contributed by atoms with E-state index in [0.717, 1.165) is 18.0 Å². The van der Waals surface area contributed by atoms with Crippen molar-refractivity contribution in [2.45, 2.75) is 26.2 Å². The fourth-order valence-corrected chi connectivity index (χ4v) is 1.63. The van der Waals surface area contributed by atoms with Gasteiger partial charge >= 0.3 is 12.0 Å². The number of carboxylic acid groups (broad SMARTS) is 1. The van der Waals surface area contributed by atoms with E-state index in [-0.39, 0.29) is 18.4 Å². The van der Waals surface area contributed by atoms with E-state index in [9.17, 15) is 9.59 Å². The molecule has 1 rings (SSSR count). The zero-order valence-electron chi connectivity index (χ0n) is 9.92. The molecule has 0 bridgehead atoms. The van der Waals surface area contributed by atoms with Crippen molar-refractivity contribution in [1.29, 1.82) is 0 Å². The molecule has 0 fully saturated rings. The average Bonchev–Trinajstić information content (AvgIpc) is 2.79. The van der Waals surface area contributed by atoms with Crippen molar-refractivity contribution in [1.82, 2.24) is 20.1 Å². The number of carbonyl (C=O) groups excluding carboxylic acids is 1. The summed E-state index contributed by atoms with van der Waals surface area (Å²) in [7, 11) is 0. The van der Waals surface area contributed by atoms with Crippen molar-refractivity contribution in [3.05, 3.63) is 0 Å². The normalized spacial score (nSPS) is 11.8. The summed E-state index contributed by atoms with van der Waals surface area (Å²) in [6, 6.07) is -0.362. The van der Waals surface area contributed by atoms with E-state index in [1.54, 1.807) is 0 Å². The van der Waals surface area contributed by atoms with Crippen LogP contribution in [-0.2, 0) is 4.79 Å². The SMILES string of the molecule is CC(CCNC(=O)Nc1nnns1)CCC(=O)O. The third-order valence-electron chi connectivity index (χ3n) is 2.29. The second kappa shape index (κ2) is 7.54. The maximum atomic E-state index is 11.4. The Kier molecular flexibility index (Phi) is 5.98. The first-order valence-electron chi connectivity index (χ1n) is 5.49. The molecule has 0 aliphatic heterocycles. The first-order valence-corrected chi connectivity index (χ1v) is 6.27. The largest absolute Gasteiger partial charge is 0.481 e. The van der Waals surface area contributed by atoms with Crippen LogP contribution in [0, 0.1) is 5.92 Å². The number of carbonyl (C=O) groups is 2. The van der Waals surface area contributed by atoms with Crippen molar-refractivity contribution < 1.29 is 14.7 Å². The molecule has 0 saturated heterocycles. The minimum Gasteiger partial charge on any atom is -0.481 e. The molecule has 9 heteroatoms. The van der Waals surface area contributed by atoms with Gasteiger partial charge in [0.05, 0.1) is 0 Å². The van der Waals surface area contributed by atoms with Gasteiger partial charge in [-0.15, -0.1) is 0 Å². The van der Waals surface area contributed by atoms with Crippen LogP contribution >= 0.6 is 11.5 Å². The highest BCUT2D eigenvalue weighted by molar-refractivity contribution is 7.09. The number of nitrogens with zero attached hydrogens (tertiary/aromatic N) is 3. The highest BCUT2D eigenvalue weighted by Crippen LogP contribution is 2.09. The average molecular weight is 273 g/mol. The van der Waals surface area contributed by atoms with Crippen LogP contribution in [-0.4, -0.2) is 38.5 Å². The standard InChI is InChI=1S/C9H15N5O3S/c1-6(2-3-7(15)16)4-5-10-8(17)11-9-12-13-14-18-9/h6H,2-5H2,1H3,(H,15,16)(H2,10,11,12,14,17). The maximum Gasteiger partial charge on any atom is 0.321 e. The highest BCUT2D eigenvalue weighted by Gasteiger charge is 2.07. The number of carboxylic acids is 1. The molecular weight excluding hydrogens is 258 g/mol.